The van der Waals surface area contributed by atoms with E-state index < -0.39 is 0 Å². The third-order valence-electron chi connectivity index (χ3n) is 3.40. The summed E-state index contributed by atoms with van der Waals surface area (Å²) in [6.07, 6.45) is 5.76. The van der Waals surface area contributed by atoms with Gasteiger partial charge in [-0.05, 0) is 19.1 Å². The predicted molar refractivity (Wildman–Crippen MR) is 76.7 cm³/mol. The van der Waals surface area contributed by atoms with Crippen molar-refractivity contribution in [3.63, 3.8) is 0 Å². The van der Waals surface area contributed by atoms with E-state index in [1.54, 1.807) is 29.5 Å². The normalized spacial score (nSPS) is 12.7. The minimum Gasteiger partial charge on any atom is -0.467 e. The Morgan fingerprint density at radius 3 is 3.15 bits per heavy atom. The summed E-state index contributed by atoms with van der Waals surface area (Å²) in [7, 11) is 1.79. The molecule has 0 aliphatic heterocycles. The lowest BCUT2D eigenvalue weighted by molar-refractivity contribution is -0.131. The maximum Gasteiger partial charge on any atom is 0.229 e. The average molecular weight is 289 g/mol. The molecule has 0 saturated heterocycles. The van der Waals surface area contributed by atoms with Crippen LogP contribution in [0.3, 0.4) is 0 Å². The molecular weight excluding hydrogens is 274 g/mol. The molecule has 1 unspecified atom stereocenters. The molecule has 0 aliphatic carbocycles. The van der Waals surface area contributed by atoms with Crippen LogP contribution < -0.4 is 0 Å². The zero-order valence-corrected chi connectivity index (χ0v) is 12.1. The minimum atomic E-state index is -0.0822. The van der Waals surface area contributed by atoms with Crippen LogP contribution in [0.1, 0.15) is 24.4 Å². The van der Waals surface area contributed by atoms with Crippen molar-refractivity contribution in [2.45, 2.75) is 19.4 Å². The van der Waals surface area contributed by atoms with E-state index in [1.165, 1.54) is 0 Å². The highest BCUT2D eigenvalue weighted by atomic mass is 32.1. The summed E-state index contributed by atoms with van der Waals surface area (Å²) >= 11 is 1.56. The van der Waals surface area contributed by atoms with E-state index in [2.05, 4.69) is 4.98 Å². The molecule has 3 rings (SSSR count). The number of rotatable bonds is 4. The van der Waals surface area contributed by atoms with Crippen LogP contribution in [0.5, 0.6) is 0 Å². The second-order valence-corrected chi connectivity index (χ2v) is 5.57. The molecule has 20 heavy (non-hydrogen) atoms. The number of carbonyl (C=O) groups is 1. The van der Waals surface area contributed by atoms with E-state index in [9.17, 15) is 4.79 Å². The van der Waals surface area contributed by atoms with E-state index in [1.807, 2.05) is 41.2 Å². The van der Waals surface area contributed by atoms with Crippen molar-refractivity contribution in [3.05, 3.63) is 47.6 Å². The van der Waals surface area contributed by atoms with Crippen LogP contribution in [0.25, 0.3) is 4.96 Å². The Labute approximate surface area is 120 Å². The number of thiazole rings is 1. The first-order chi connectivity index (χ1) is 9.65. The molecule has 0 fully saturated rings. The maximum absolute atomic E-state index is 12.3. The maximum atomic E-state index is 12.3. The van der Waals surface area contributed by atoms with E-state index >= 15 is 0 Å². The summed E-state index contributed by atoms with van der Waals surface area (Å²) in [6.45, 7) is 1.95. The van der Waals surface area contributed by atoms with Gasteiger partial charge < -0.3 is 9.32 Å². The number of hydrogen-bond acceptors (Lipinski definition) is 4. The van der Waals surface area contributed by atoms with Gasteiger partial charge in [0.25, 0.3) is 0 Å². The first-order valence-electron chi connectivity index (χ1n) is 6.35. The Hall–Kier alpha value is -2.08. The van der Waals surface area contributed by atoms with Gasteiger partial charge in [0.2, 0.25) is 5.91 Å². The van der Waals surface area contributed by atoms with Crippen molar-refractivity contribution >= 4 is 22.2 Å². The number of likely N-dealkylation sites (N-methyl/N-ethyl adjacent to an activating group) is 1. The number of fused-ring (bicyclic) bond motifs is 1. The molecule has 0 bridgehead atoms. The molecule has 3 heterocycles. The van der Waals surface area contributed by atoms with Gasteiger partial charge in [-0.3, -0.25) is 9.20 Å². The van der Waals surface area contributed by atoms with E-state index in [-0.39, 0.29) is 11.9 Å². The summed E-state index contributed by atoms with van der Waals surface area (Å²) in [5, 5.41) is 1.97. The highest BCUT2D eigenvalue weighted by molar-refractivity contribution is 7.15. The van der Waals surface area contributed by atoms with Crippen LogP contribution in [0.4, 0.5) is 0 Å². The lowest BCUT2D eigenvalue weighted by Crippen LogP contribution is -2.30. The summed E-state index contributed by atoms with van der Waals surface area (Å²) < 4.78 is 7.27. The zero-order chi connectivity index (χ0) is 14.1. The van der Waals surface area contributed by atoms with Crippen molar-refractivity contribution in [2.75, 3.05) is 7.05 Å². The molecular formula is C14H15N3O2S. The molecule has 0 saturated carbocycles. The number of carbonyl (C=O) groups excluding carboxylic acids is 1. The highest BCUT2D eigenvalue weighted by Gasteiger charge is 2.20. The van der Waals surface area contributed by atoms with Crippen molar-refractivity contribution in [1.29, 1.82) is 0 Å². The fourth-order valence-electron chi connectivity index (χ4n) is 2.08. The first kappa shape index (κ1) is 12.9. The SMILES string of the molecule is CC(c1ccco1)N(C)C(=O)Cc1cn2ccsc2n1. The Kier molecular flexibility index (Phi) is 3.31. The van der Waals surface area contributed by atoms with Gasteiger partial charge >= 0.3 is 0 Å². The van der Waals surface area contributed by atoms with Gasteiger partial charge in [0.15, 0.2) is 4.96 Å². The topological polar surface area (TPSA) is 50.8 Å². The van der Waals surface area contributed by atoms with Gasteiger partial charge in [-0.1, -0.05) is 0 Å². The molecule has 0 radical (unpaired) electrons. The Bertz CT molecular complexity index is 685. The van der Waals surface area contributed by atoms with Crippen molar-refractivity contribution in [2.24, 2.45) is 0 Å². The fraction of sp³-hybridized carbons (Fsp3) is 0.286. The molecule has 3 aromatic heterocycles. The Morgan fingerprint density at radius 2 is 2.45 bits per heavy atom. The number of nitrogens with zero attached hydrogens (tertiary/aromatic N) is 3. The van der Waals surface area contributed by atoms with Crippen LogP contribution >= 0.6 is 11.3 Å². The van der Waals surface area contributed by atoms with Crippen molar-refractivity contribution in [3.8, 4) is 0 Å². The van der Waals surface area contributed by atoms with Crippen LogP contribution in [0.2, 0.25) is 0 Å². The van der Waals surface area contributed by atoms with Crippen LogP contribution in [0, 0.1) is 0 Å². The summed E-state index contributed by atoms with van der Waals surface area (Å²) in [4.78, 5) is 19.3. The standard InChI is InChI=1S/C14H15N3O2S/c1-10(12-4-3-6-19-12)16(2)13(18)8-11-9-17-5-7-20-14(17)15-11/h3-7,9-10H,8H2,1-2H3. The minimum absolute atomic E-state index is 0.0275. The lowest BCUT2D eigenvalue weighted by Gasteiger charge is -2.22. The molecule has 0 aromatic carbocycles. The smallest absolute Gasteiger partial charge is 0.229 e. The summed E-state index contributed by atoms with van der Waals surface area (Å²) in [5.41, 5.74) is 0.792. The number of imidazole rings is 1. The van der Waals surface area contributed by atoms with Gasteiger partial charge in [0.1, 0.15) is 5.76 Å². The van der Waals surface area contributed by atoms with E-state index in [4.69, 9.17) is 4.42 Å². The third-order valence-corrected chi connectivity index (χ3v) is 4.18. The largest absolute Gasteiger partial charge is 0.467 e. The van der Waals surface area contributed by atoms with E-state index in [0.717, 1.165) is 16.4 Å². The number of hydrogen-bond donors (Lipinski definition) is 0. The monoisotopic (exact) mass is 289 g/mol. The molecule has 0 aliphatic rings. The third kappa shape index (κ3) is 2.34. The van der Waals surface area contributed by atoms with Crippen molar-refractivity contribution in [1.82, 2.24) is 14.3 Å². The average Bonchev–Trinajstić information content (AvgIpc) is 3.12. The lowest BCUT2D eigenvalue weighted by atomic mass is 10.2. The number of amides is 1. The van der Waals surface area contributed by atoms with Gasteiger partial charge in [-0.2, -0.15) is 0 Å². The Balaban J connectivity index is 1.70. The van der Waals surface area contributed by atoms with Gasteiger partial charge in [-0.15, -0.1) is 11.3 Å². The quantitative estimate of drug-likeness (QED) is 0.742. The van der Waals surface area contributed by atoms with Crippen molar-refractivity contribution < 1.29 is 9.21 Å². The van der Waals surface area contributed by atoms with Crippen LogP contribution in [-0.2, 0) is 11.2 Å². The molecule has 0 N–H and O–H groups in total. The summed E-state index contributed by atoms with van der Waals surface area (Å²) in [5.74, 6) is 0.811. The Morgan fingerprint density at radius 1 is 1.60 bits per heavy atom. The second kappa shape index (κ2) is 5.13. The number of aromatic nitrogens is 2. The second-order valence-electron chi connectivity index (χ2n) is 4.70. The molecule has 5 nitrogen and oxygen atoms in total. The highest BCUT2D eigenvalue weighted by Crippen LogP contribution is 2.20. The molecule has 3 aromatic rings. The van der Waals surface area contributed by atoms with Crippen LogP contribution in [-0.4, -0.2) is 27.2 Å². The fourth-order valence-corrected chi connectivity index (χ4v) is 2.80. The molecule has 1 atom stereocenters. The van der Waals surface area contributed by atoms with Gasteiger partial charge in [0.05, 0.1) is 24.4 Å². The van der Waals surface area contributed by atoms with E-state index in [0.29, 0.717) is 6.42 Å². The molecule has 1 amide bonds. The van der Waals surface area contributed by atoms with Gasteiger partial charge in [0, 0.05) is 24.8 Å². The van der Waals surface area contributed by atoms with Crippen LogP contribution in [0.15, 0.2) is 40.6 Å². The summed E-state index contributed by atoms with van der Waals surface area (Å²) in [6, 6.07) is 3.62. The van der Waals surface area contributed by atoms with Gasteiger partial charge in [-0.25, -0.2) is 4.98 Å². The molecule has 104 valence electrons. The molecule has 6 heteroatoms. The number of furan rings is 1. The predicted octanol–water partition coefficient (Wildman–Crippen LogP) is 2.75. The zero-order valence-electron chi connectivity index (χ0n) is 11.3. The molecule has 0 spiro atoms. The first-order valence-corrected chi connectivity index (χ1v) is 7.23.